The highest BCUT2D eigenvalue weighted by Gasteiger charge is 2.26. The second-order valence-corrected chi connectivity index (χ2v) is 5.64. The highest BCUT2D eigenvalue weighted by molar-refractivity contribution is 5.82. The SMILES string of the molecule is O=C(O)Cn1c(CC2CC2)nc2cc3c(cc21)OCCO3. The Bertz CT molecular complexity index is 718. The average molecular weight is 288 g/mol. The van der Waals surface area contributed by atoms with Gasteiger partial charge in [-0.05, 0) is 18.8 Å². The highest BCUT2D eigenvalue weighted by atomic mass is 16.6. The standard InChI is InChI=1S/C15H16N2O4/c18-15(19)8-17-11-7-13-12(20-3-4-21-13)6-10(11)16-14(17)5-9-1-2-9/h6-7,9H,1-5,8H2,(H,18,19). The van der Waals surface area contributed by atoms with Gasteiger partial charge in [0.05, 0.1) is 11.0 Å². The third-order valence-corrected chi connectivity index (χ3v) is 3.95. The maximum atomic E-state index is 11.1. The Morgan fingerprint density at radius 1 is 1.29 bits per heavy atom. The number of aliphatic carboxylic acids is 1. The lowest BCUT2D eigenvalue weighted by molar-refractivity contribution is -0.137. The van der Waals surface area contributed by atoms with E-state index in [0.29, 0.717) is 30.6 Å². The predicted molar refractivity (Wildman–Crippen MR) is 74.8 cm³/mol. The number of ether oxygens (including phenoxy) is 2. The van der Waals surface area contributed by atoms with Gasteiger partial charge in [0.1, 0.15) is 25.6 Å². The van der Waals surface area contributed by atoms with Crippen LogP contribution in [0.3, 0.4) is 0 Å². The van der Waals surface area contributed by atoms with E-state index < -0.39 is 5.97 Å². The zero-order valence-corrected chi connectivity index (χ0v) is 11.5. The lowest BCUT2D eigenvalue weighted by Crippen LogP contribution is -2.15. The van der Waals surface area contributed by atoms with E-state index in [-0.39, 0.29) is 6.54 Å². The Morgan fingerprint density at radius 3 is 2.67 bits per heavy atom. The molecule has 0 saturated heterocycles. The van der Waals surface area contributed by atoms with Crippen LogP contribution in [0.1, 0.15) is 18.7 Å². The van der Waals surface area contributed by atoms with Crippen molar-refractivity contribution < 1.29 is 19.4 Å². The average Bonchev–Trinajstić information content (AvgIpc) is 3.21. The van der Waals surface area contributed by atoms with Crippen LogP contribution in [0.15, 0.2) is 12.1 Å². The molecule has 6 nitrogen and oxygen atoms in total. The number of carboxylic acid groups (broad SMARTS) is 1. The van der Waals surface area contributed by atoms with E-state index in [0.717, 1.165) is 23.3 Å². The van der Waals surface area contributed by atoms with Crippen molar-refractivity contribution in [1.29, 1.82) is 0 Å². The number of imidazole rings is 1. The lowest BCUT2D eigenvalue weighted by Gasteiger charge is -2.18. The van der Waals surface area contributed by atoms with Crippen LogP contribution >= 0.6 is 0 Å². The summed E-state index contributed by atoms with van der Waals surface area (Å²) in [6, 6.07) is 3.69. The van der Waals surface area contributed by atoms with Gasteiger partial charge in [-0.15, -0.1) is 0 Å². The Labute approximate surface area is 121 Å². The van der Waals surface area contributed by atoms with Crippen LogP contribution in [0.5, 0.6) is 11.5 Å². The molecule has 1 N–H and O–H groups in total. The third-order valence-electron chi connectivity index (χ3n) is 3.95. The number of fused-ring (bicyclic) bond motifs is 2. The molecule has 0 unspecified atom stereocenters. The van der Waals surface area contributed by atoms with E-state index in [9.17, 15) is 4.79 Å². The number of rotatable bonds is 4. The number of carboxylic acids is 1. The lowest BCUT2D eigenvalue weighted by atomic mass is 10.2. The predicted octanol–water partition coefficient (Wildman–Crippen LogP) is 1.84. The summed E-state index contributed by atoms with van der Waals surface area (Å²) in [6.07, 6.45) is 3.26. The topological polar surface area (TPSA) is 73.6 Å². The second-order valence-electron chi connectivity index (χ2n) is 5.64. The van der Waals surface area contributed by atoms with Crippen molar-refractivity contribution in [2.45, 2.75) is 25.8 Å². The first-order valence-corrected chi connectivity index (χ1v) is 7.21. The molecule has 2 aromatic rings. The Hall–Kier alpha value is -2.24. The van der Waals surface area contributed by atoms with Crippen LogP contribution < -0.4 is 9.47 Å². The fourth-order valence-electron chi connectivity index (χ4n) is 2.76. The summed E-state index contributed by atoms with van der Waals surface area (Å²) < 4.78 is 12.9. The number of carbonyl (C=O) groups is 1. The minimum Gasteiger partial charge on any atom is -0.486 e. The normalized spacial score (nSPS) is 17.1. The molecule has 6 heteroatoms. The summed E-state index contributed by atoms with van der Waals surface area (Å²) in [6.45, 7) is 0.974. The molecule has 0 atom stereocenters. The first-order chi connectivity index (χ1) is 10.2. The molecule has 0 spiro atoms. The van der Waals surface area contributed by atoms with E-state index in [1.54, 1.807) is 4.57 Å². The Morgan fingerprint density at radius 2 is 2.00 bits per heavy atom. The molecule has 0 radical (unpaired) electrons. The van der Waals surface area contributed by atoms with Crippen molar-refractivity contribution in [2.75, 3.05) is 13.2 Å². The van der Waals surface area contributed by atoms with Crippen molar-refractivity contribution in [1.82, 2.24) is 9.55 Å². The maximum absolute atomic E-state index is 11.1. The van der Waals surface area contributed by atoms with Gasteiger partial charge >= 0.3 is 5.97 Å². The number of nitrogens with zero attached hydrogens (tertiary/aromatic N) is 2. The first-order valence-electron chi connectivity index (χ1n) is 7.21. The smallest absolute Gasteiger partial charge is 0.323 e. The van der Waals surface area contributed by atoms with Crippen molar-refractivity contribution in [3.05, 3.63) is 18.0 Å². The van der Waals surface area contributed by atoms with E-state index in [2.05, 4.69) is 4.98 Å². The fraction of sp³-hybridized carbons (Fsp3) is 0.467. The van der Waals surface area contributed by atoms with Gasteiger partial charge in [-0.1, -0.05) is 0 Å². The molecule has 1 fully saturated rings. The van der Waals surface area contributed by atoms with Gasteiger partial charge in [-0.3, -0.25) is 4.79 Å². The van der Waals surface area contributed by atoms with Crippen LogP contribution in [-0.4, -0.2) is 33.8 Å². The molecule has 2 heterocycles. The summed E-state index contributed by atoms with van der Waals surface area (Å²) in [5.74, 6) is 1.99. The summed E-state index contributed by atoms with van der Waals surface area (Å²) in [5, 5.41) is 9.15. The van der Waals surface area contributed by atoms with Crippen LogP contribution in [0, 0.1) is 5.92 Å². The molecule has 0 bridgehead atoms. The van der Waals surface area contributed by atoms with Crippen LogP contribution in [0.4, 0.5) is 0 Å². The largest absolute Gasteiger partial charge is 0.486 e. The van der Waals surface area contributed by atoms with Gasteiger partial charge in [0.25, 0.3) is 0 Å². The minimum absolute atomic E-state index is 0.0712. The zero-order valence-electron chi connectivity index (χ0n) is 11.5. The summed E-state index contributed by atoms with van der Waals surface area (Å²) in [5.41, 5.74) is 1.58. The molecule has 1 aliphatic carbocycles. The van der Waals surface area contributed by atoms with E-state index in [1.807, 2.05) is 12.1 Å². The molecule has 2 aliphatic rings. The van der Waals surface area contributed by atoms with Crippen LogP contribution in [0.25, 0.3) is 11.0 Å². The molecular weight excluding hydrogens is 272 g/mol. The molecule has 1 aliphatic heterocycles. The fourth-order valence-corrected chi connectivity index (χ4v) is 2.76. The summed E-state index contributed by atoms with van der Waals surface area (Å²) in [4.78, 5) is 15.8. The van der Waals surface area contributed by atoms with Crippen molar-refractivity contribution in [3.63, 3.8) is 0 Å². The van der Waals surface area contributed by atoms with E-state index in [1.165, 1.54) is 12.8 Å². The number of benzene rings is 1. The highest BCUT2D eigenvalue weighted by Crippen LogP contribution is 2.37. The Balaban J connectivity index is 1.84. The molecule has 110 valence electrons. The molecule has 1 aromatic heterocycles. The maximum Gasteiger partial charge on any atom is 0.323 e. The van der Waals surface area contributed by atoms with Gasteiger partial charge in [0.2, 0.25) is 0 Å². The van der Waals surface area contributed by atoms with Gasteiger partial charge in [0.15, 0.2) is 11.5 Å². The summed E-state index contributed by atoms with van der Waals surface area (Å²) >= 11 is 0. The van der Waals surface area contributed by atoms with Gasteiger partial charge in [-0.2, -0.15) is 0 Å². The van der Waals surface area contributed by atoms with E-state index >= 15 is 0 Å². The van der Waals surface area contributed by atoms with Crippen molar-refractivity contribution in [2.24, 2.45) is 5.92 Å². The molecule has 1 saturated carbocycles. The van der Waals surface area contributed by atoms with Crippen molar-refractivity contribution in [3.8, 4) is 11.5 Å². The van der Waals surface area contributed by atoms with Gasteiger partial charge in [-0.25, -0.2) is 4.98 Å². The van der Waals surface area contributed by atoms with Gasteiger partial charge in [0, 0.05) is 18.6 Å². The first kappa shape index (κ1) is 12.5. The molecule has 1 aromatic carbocycles. The van der Waals surface area contributed by atoms with Crippen molar-refractivity contribution >= 4 is 17.0 Å². The quantitative estimate of drug-likeness (QED) is 0.929. The number of aromatic nitrogens is 2. The number of hydrogen-bond donors (Lipinski definition) is 1. The molecule has 4 rings (SSSR count). The minimum atomic E-state index is -0.860. The van der Waals surface area contributed by atoms with E-state index in [4.69, 9.17) is 14.6 Å². The third kappa shape index (κ3) is 2.30. The molecule has 0 amide bonds. The van der Waals surface area contributed by atoms with Crippen LogP contribution in [0.2, 0.25) is 0 Å². The Kier molecular flexibility index (Phi) is 2.77. The molecular formula is C15H16N2O4. The number of hydrogen-bond acceptors (Lipinski definition) is 4. The second kappa shape index (κ2) is 4.65. The van der Waals surface area contributed by atoms with Gasteiger partial charge < -0.3 is 19.1 Å². The molecule has 21 heavy (non-hydrogen) atoms. The summed E-state index contributed by atoms with van der Waals surface area (Å²) in [7, 11) is 0. The monoisotopic (exact) mass is 288 g/mol. The van der Waals surface area contributed by atoms with Crippen LogP contribution in [-0.2, 0) is 17.8 Å². The zero-order chi connectivity index (χ0) is 14.4.